The van der Waals surface area contributed by atoms with Crippen LogP contribution in [0.5, 0.6) is 0 Å². The highest BCUT2D eigenvalue weighted by atomic mass is 79.9. The van der Waals surface area contributed by atoms with Crippen molar-refractivity contribution < 1.29 is 9.31 Å². The van der Waals surface area contributed by atoms with Crippen LogP contribution in [0, 0.1) is 22.9 Å². The zero-order valence-corrected chi connectivity index (χ0v) is 8.26. The Morgan fingerprint density at radius 2 is 2.23 bits per heavy atom. The summed E-state index contributed by atoms with van der Waals surface area (Å²) in [6, 6.07) is 1.13. The molecule has 0 bridgehead atoms. The van der Waals surface area contributed by atoms with E-state index < -0.39 is 10.7 Å². The first-order valence-corrected chi connectivity index (χ1v) is 4.13. The highest BCUT2D eigenvalue weighted by molar-refractivity contribution is 9.10. The first kappa shape index (κ1) is 9.91. The van der Waals surface area contributed by atoms with Gasteiger partial charge in [0.15, 0.2) is 0 Å². The van der Waals surface area contributed by atoms with Gasteiger partial charge < -0.3 is 5.73 Å². The van der Waals surface area contributed by atoms with Gasteiger partial charge in [-0.15, -0.1) is 0 Å². The number of nitro groups is 1. The fourth-order valence-corrected chi connectivity index (χ4v) is 1.41. The fourth-order valence-electron chi connectivity index (χ4n) is 0.856. The maximum absolute atomic E-state index is 13.2. The van der Waals surface area contributed by atoms with Crippen molar-refractivity contribution in [3.05, 3.63) is 32.0 Å². The highest BCUT2D eigenvalue weighted by Gasteiger charge is 2.19. The summed E-state index contributed by atoms with van der Waals surface area (Å²) < 4.78 is 13.0. The van der Waals surface area contributed by atoms with Crippen LogP contribution < -0.4 is 5.73 Å². The monoisotopic (exact) mass is 248 g/mol. The van der Waals surface area contributed by atoms with E-state index in [1.54, 1.807) is 0 Å². The summed E-state index contributed by atoms with van der Waals surface area (Å²) in [4.78, 5) is 9.70. The lowest BCUT2D eigenvalue weighted by atomic mass is 10.2. The topological polar surface area (TPSA) is 69.2 Å². The second-order valence-corrected chi connectivity index (χ2v) is 3.29. The summed E-state index contributed by atoms with van der Waals surface area (Å²) >= 11 is 2.79. The Kier molecular flexibility index (Phi) is 2.51. The molecule has 1 rings (SSSR count). The van der Waals surface area contributed by atoms with Gasteiger partial charge in [-0.1, -0.05) is 0 Å². The standard InChI is InChI=1S/C7H6BrFN2O2/c1-3-4(10)2-5(11(12)13)6(8)7(3)9/h2H,10H2,1H3. The Morgan fingerprint density at radius 1 is 1.69 bits per heavy atom. The first-order chi connectivity index (χ1) is 5.95. The third-order valence-electron chi connectivity index (χ3n) is 1.67. The number of nitrogen functional groups attached to an aromatic ring is 1. The second kappa shape index (κ2) is 3.29. The molecule has 70 valence electrons. The van der Waals surface area contributed by atoms with Crippen molar-refractivity contribution >= 4 is 27.3 Å². The van der Waals surface area contributed by atoms with E-state index in [0.717, 1.165) is 6.07 Å². The number of rotatable bonds is 1. The number of hydrogen-bond donors (Lipinski definition) is 1. The minimum absolute atomic E-state index is 0.0763. The molecular formula is C7H6BrFN2O2. The van der Waals surface area contributed by atoms with Crippen molar-refractivity contribution in [2.75, 3.05) is 5.73 Å². The van der Waals surface area contributed by atoms with Crippen LogP contribution >= 0.6 is 15.9 Å². The highest BCUT2D eigenvalue weighted by Crippen LogP contribution is 2.32. The van der Waals surface area contributed by atoms with Crippen molar-refractivity contribution in [1.82, 2.24) is 0 Å². The summed E-state index contributed by atoms with van der Waals surface area (Å²) in [6.07, 6.45) is 0. The molecule has 0 aliphatic carbocycles. The van der Waals surface area contributed by atoms with Gasteiger partial charge in [0, 0.05) is 17.3 Å². The molecule has 0 unspecified atom stereocenters. The minimum Gasteiger partial charge on any atom is -0.398 e. The summed E-state index contributed by atoms with van der Waals surface area (Å²) in [7, 11) is 0. The van der Waals surface area contributed by atoms with Gasteiger partial charge >= 0.3 is 0 Å². The molecule has 0 amide bonds. The van der Waals surface area contributed by atoms with E-state index in [1.807, 2.05) is 0 Å². The number of benzene rings is 1. The molecule has 6 heteroatoms. The molecule has 0 saturated carbocycles. The summed E-state index contributed by atoms with van der Waals surface area (Å²) in [5.41, 5.74) is 5.28. The van der Waals surface area contributed by atoms with E-state index in [2.05, 4.69) is 15.9 Å². The third kappa shape index (κ3) is 1.62. The molecule has 1 aromatic rings. The van der Waals surface area contributed by atoms with Crippen LogP contribution in [0.4, 0.5) is 15.8 Å². The smallest absolute Gasteiger partial charge is 0.288 e. The van der Waals surface area contributed by atoms with Gasteiger partial charge in [-0.05, 0) is 22.9 Å². The number of hydrogen-bond acceptors (Lipinski definition) is 3. The normalized spacial score (nSPS) is 10.1. The van der Waals surface area contributed by atoms with E-state index in [0.29, 0.717) is 0 Å². The maximum atomic E-state index is 13.2. The lowest BCUT2D eigenvalue weighted by molar-refractivity contribution is -0.385. The lowest BCUT2D eigenvalue weighted by Gasteiger charge is -2.03. The van der Waals surface area contributed by atoms with Gasteiger partial charge in [-0.3, -0.25) is 10.1 Å². The zero-order valence-electron chi connectivity index (χ0n) is 6.67. The predicted molar refractivity (Wildman–Crippen MR) is 49.9 cm³/mol. The molecule has 13 heavy (non-hydrogen) atoms. The molecule has 0 saturated heterocycles. The van der Waals surface area contributed by atoms with Crippen molar-refractivity contribution in [3.63, 3.8) is 0 Å². The van der Waals surface area contributed by atoms with E-state index in [4.69, 9.17) is 5.73 Å². The Bertz CT molecular complexity index is 381. The SMILES string of the molecule is Cc1c(N)cc([N+](=O)[O-])c(Br)c1F. The van der Waals surface area contributed by atoms with Crippen LogP contribution in [0.3, 0.4) is 0 Å². The molecule has 0 aliphatic heterocycles. The van der Waals surface area contributed by atoms with Gasteiger partial charge in [-0.25, -0.2) is 4.39 Å². The Morgan fingerprint density at radius 3 is 2.69 bits per heavy atom. The largest absolute Gasteiger partial charge is 0.398 e. The van der Waals surface area contributed by atoms with Crippen LogP contribution in [-0.2, 0) is 0 Å². The summed E-state index contributed by atoms with van der Waals surface area (Å²) in [5.74, 6) is -0.688. The molecule has 0 atom stereocenters. The van der Waals surface area contributed by atoms with Gasteiger partial charge in [-0.2, -0.15) is 0 Å². The maximum Gasteiger partial charge on any atom is 0.288 e. The van der Waals surface area contributed by atoms with Crippen molar-refractivity contribution in [3.8, 4) is 0 Å². The lowest BCUT2D eigenvalue weighted by Crippen LogP contribution is -1.99. The molecule has 2 N–H and O–H groups in total. The Hall–Kier alpha value is -1.17. The average molecular weight is 249 g/mol. The first-order valence-electron chi connectivity index (χ1n) is 3.33. The second-order valence-electron chi connectivity index (χ2n) is 2.49. The van der Waals surface area contributed by atoms with E-state index >= 15 is 0 Å². The van der Waals surface area contributed by atoms with Gasteiger partial charge in [0.05, 0.1) is 4.92 Å². The van der Waals surface area contributed by atoms with Crippen molar-refractivity contribution in [2.24, 2.45) is 0 Å². The Labute approximate surface area is 81.8 Å². The zero-order chi connectivity index (χ0) is 10.2. The van der Waals surface area contributed by atoms with Gasteiger partial charge in [0.2, 0.25) is 0 Å². The molecular weight excluding hydrogens is 243 g/mol. The van der Waals surface area contributed by atoms with Crippen LogP contribution in [0.25, 0.3) is 0 Å². The van der Waals surface area contributed by atoms with Crippen molar-refractivity contribution in [2.45, 2.75) is 6.92 Å². The van der Waals surface area contributed by atoms with Crippen LogP contribution in [-0.4, -0.2) is 4.92 Å². The molecule has 0 radical (unpaired) electrons. The third-order valence-corrected chi connectivity index (χ3v) is 2.42. The number of nitrogens with zero attached hydrogens (tertiary/aromatic N) is 1. The number of anilines is 1. The number of nitro benzene ring substituents is 1. The van der Waals surface area contributed by atoms with Gasteiger partial charge in [0.25, 0.3) is 5.69 Å². The molecule has 0 spiro atoms. The molecule has 0 aromatic heterocycles. The Balaban J connectivity index is 3.50. The molecule has 0 fully saturated rings. The van der Waals surface area contributed by atoms with Crippen LogP contribution in [0.1, 0.15) is 5.56 Å². The number of nitrogens with two attached hydrogens (primary N) is 1. The fraction of sp³-hybridized carbons (Fsp3) is 0.143. The van der Waals surface area contributed by atoms with E-state index in [-0.39, 0.29) is 21.4 Å². The molecule has 1 aromatic carbocycles. The molecule has 0 aliphatic rings. The molecule has 4 nitrogen and oxygen atoms in total. The van der Waals surface area contributed by atoms with E-state index in [9.17, 15) is 14.5 Å². The van der Waals surface area contributed by atoms with Gasteiger partial charge in [0.1, 0.15) is 10.3 Å². The predicted octanol–water partition coefficient (Wildman–Crippen LogP) is 2.39. The van der Waals surface area contributed by atoms with Crippen LogP contribution in [0.2, 0.25) is 0 Å². The quantitative estimate of drug-likeness (QED) is 0.472. The summed E-state index contributed by atoms with van der Waals surface area (Å²) in [6.45, 7) is 1.46. The minimum atomic E-state index is -0.692. The summed E-state index contributed by atoms with van der Waals surface area (Å²) in [5, 5.41) is 10.4. The van der Waals surface area contributed by atoms with Crippen LogP contribution in [0.15, 0.2) is 10.5 Å². The average Bonchev–Trinajstić information content (AvgIpc) is 2.07. The molecule has 0 heterocycles. The van der Waals surface area contributed by atoms with Crippen molar-refractivity contribution in [1.29, 1.82) is 0 Å². The van der Waals surface area contributed by atoms with E-state index in [1.165, 1.54) is 6.92 Å². The number of halogens is 2.